The molecule has 17 heavy (non-hydrogen) atoms. The number of aryl methyl sites for hydroxylation is 2. The Hall–Kier alpha value is -2.04. The lowest BCUT2D eigenvalue weighted by atomic mass is 10.3. The summed E-state index contributed by atoms with van der Waals surface area (Å²) in [7, 11) is 3.69. The largest absolute Gasteiger partial charge is 0.374 e. The molecule has 0 amide bonds. The molecular weight excluding hydrogens is 216 g/mol. The zero-order chi connectivity index (χ0) is 12.4. The lowest BCUT2D eigenvalue weighted by Crippen LogP contribution is -2.17. The minimum absolute atomic E-state index is 0.0137. The summed E-state index contributed by atoms with van der Waals surface area (Å²) in [4.78, 5) is 15.5. The predicted molar refractivity (Wildman–Crippen MR) is 66.9 cm³/mol. The van der Waals surface area contributed by atoms with Crippen LogP contribution in [0.5, 0.6) is 0 Å². The van der Waals surface area contributed by atoms with Gasteiger partial charge in [-0.25, -0.2) is 4.98 Å². The average molecular weight is 232 g/mol. The van der Waals surface area contributed by atoms with Gasteiger partial charge in [0, 0.05) is 38.8 Å². The van der Waals surface area contributed by atoms with Crippen LogP contribution in [0.3, 0.4) is 0 Å². The third kappa shape index (κ3) is 2.38. The molecule has 90 valence electrons. The van der Waals surface area contributed by atoms with E-state index in [4.69, 9.17) is 0 Å². The van der Waals surface area contributed by atoms with E-state index in [0.717, 1.165) is 11.5 Å². The Morgan fingerprint density at radius 2 is 2.06 bits per heavy atom. The van der Waals surface area contributed by atoms with E-state index in [2.05, 4.69) is 10.3 Å². The molecule has 0 spiro atoms. The fourth-order valence-electron chi connectivity index (χ4n) is 1.79. The minimum atomic E-state index is -0.0137. The topological polar surface area (TPSA) is 51.9 Å². The van der Waals surface area contributed by atoms with Crippen molar-refractivity contribution in [3.63, 3.8) is 0 Å². The number of aromatic nitrogens is 3. The zero-order valence-corrected chi connectivity index (χ0v) is 10.2. The number of anilines is 1. The monoisotopic (exact) mass is 232 g/mol. The summed E-state index contributed by atoms with van der Waals surface area (Å²) in [6.45, 7) is 2.04. The van der Waals surface area contributed by atoms with Gasteiger partial charge < -0.3 is 14.5 Å². The van der Waals surface area contributed by atoms with Crippen LogP contribution in [0.25, 0.3) is 0 Å². The molecule has 0 aliphatic heterocycles. The van der Waals surface area contributed by atoms with E-state index >= 15 is 0 Å². The maximum Gasteiger partial charge on any atom is 0.250 e. The third-order valence-corrected chi connectivity index (χ3v) is 2.71. The first-order valence-corrected chi connectivity index (χ1v) is 5.48. The van der Waals surface area contributed by atoms with Crippen molar-refractivity contribution in [1.29, 1.82) is 0 Å². The van der Waals surface area contributed by atoms with Crippen LogP contribution in [-0.2, 0) is 14.1 Å². The molecule has 2 aromatic rings. The molecule has 2 aromatic heterocycles. The maximum absolute atomic E-state index is 11.3. The average Bonchev–Trinajstić information content (AvgIpc) is 2.70. The van der Waals surface area contributed by atoms with E-state index in [0.29, 0.717) is 0 Å². The van der Waals surface area contributed by atoms with Gasteiger partial charge >= 0.3 is 0 Å². The Balaban J connectivity index is 2.18. The molecule has 5 heteroatoms. The van der Waals surface area contributed by atoms with Gasteiger partial charge in [0.05, 0.1) is 11.7 Å². The smallest absolute Gasteiger partial charge is 0.250 e. The lowest BCUT2D eigenvalue weighted by molar-refractivity contribution is 0.719. The Morgan fingerprint density at radius 3 is 2.65 bits per heavy atom. The standard InChI is InChI=1S/C12H16N4O/c1-9(12-13-6-7-15(12)2)14-10-4-5-11(17)16(3)8-10/h4-9,14H,1-3H3. The van der Waals surface area contributed by atoms with Crippen LogP contribution >= 0.6 is 0 Å². The number of rotatable bonds is 3. The van der Waals surface area contributed by atoms with Gasteiger partial charge in [0.1, 0.15) is 5.82 Å². The molecule has 0 aliphatic rings. The first-order valence-electron chi connectivity index (χ1n) is 5.48. The summed E-state index contributed by atoms with van der Waals surface area (Å²) in [5, 5.41) is 3.31. The molecule has 0 radical (unpaired) electrons. The number of hydrogen-bond acceptors (Lipinski definition) is 3. The van der Waals surface area contributed by atoms with Crippen LogP contribution in [0.2, 0.25) is 0 Å². The highest BCUT2D eigenvalue weighted by atomic mass is 16.1. The van der Waals surface area contributed by atoms with Gasteiger partial charge in [0.25, 0.3) is 0 Å². The van der Waals surface area contributed by atoms with Gasteiger partial charge in [-0.05, 0) is 13.0 Å². The number of pyridine rings is 1. The summed E-state index contributed by atoms with van der Waals surface area (Å²) in [6.07, 6.45) is 5.46. The fraction of sp³-hybridized carbons (Fsp3) is 0.333. The molecule has 2 heterocycles. The van der Waals surface area contributed by atoms with Crippen molar-refractivity contribution in [2.75, 3.05) is 5.32 Å². The molecule has 0 saturated carbocycles. The van der Waals surface area contributed by atoms with Gasteiger partial charge in [-0.2, -0.15) is 0 Å². The number of hydrogen-bond donors (Lipinski definition) is 1. The minimum Gasteiger partial charge on any atom is -0.374 e. The highest BCUT2D eigenvalue weighted by molar-refractivity contribution is 5.41. The third-order valence-electron chi connectivity index (χ3n) is 2.71. The number of nitrogens with zero attached hydrogens (tertiary/aromatic N) is 3. The van der Waals surface area contributed by atoms with Crippen LogP contribution in [-0.4, -0.2) is 14.1 Å². The molecule has 5 nitrogen and oxygen atoms in total. The van der Waals surface area contributed by atoms with Gasteiger partial charge in [-0.1, -0.05) is 0 Å². The van der Waals surface area contributed by atoms with E-state index in [1.807, 2.05) is 24.7 Å². The second kappa shape index (κ2) is 4.45. The molecule has 1 unspecified atom stereocenters. The summed E-state index contributed by atoms with van der Waals surface area (Å²) in [5.74, 6) is 0.957. The molecule has 0 aliphatic carbocycles. The summed E-state index contributed by atoms with van der Waals surface area (Å²) in [6, 6.07) is 3.42. The van der Waals surface area contributed by atoms with Gasteiger partial charge in [0.2, 0.25) is 5.56 Å². The van der Waals surface area contributed by atoms with Crippen LogP contribution in [0.1, 0.15) is 18.8 Å². The SMILES string of the molecule is CC(Nc1ccc(=O)n(C)c1)c1nccn1C. The first kappa shape index (κ1) is 11.4. The van der Waals surface area contributed by atoms with Crippen molar-refractivity contribution in [2.24, 2.45) is 14.1 Å². The van der Waals surface area contributed by atoms with E-state index in [-0.39, 0.29) is 11.6 Å². The molecule has 1 atom stereocenters. The molecule has 2 rings (SSSR count). The Bertz CT molecular complexity index is 570. The highest BCUT2D eigenvalue weighted by Crippen LogP contribution is 2.15. The van der Waals surface area contributed by atoms with E-state index in [9.17, 15) is 4.79 Å². The second-order valence-corrected chi connectivity index (χ2v) is 4.13. The molecule has 0 aromatic carbocycles. The van der Waals surface area contributed by atoms with Crippen molar-refractivity contribution < 1.29 is 0 Å². The van der Waals surface area contributed by atoms with Gasteiger partial charge in [-0.3, -0.25) is 4.79 Å². The van der Waals surface area contributed by atoms with E-state index in [1.165, 1.54) is 0 Å². The number of imidazole rings is 1. The van der Waals surface area contributed by atoms with Crippen LogP contribution in [0.15, 0.2) is 35.5 Å². The lowest BCUT2D eigenvalue weighted by Gasteiger charge is -2.15. The fourth-order valence-corrected chi connectivity index (χ4v) is 1.79. The van der Waals surface area contributed by atoms with Gasteiger partial charge in [0.15, 0.2) is 0 Å². The van der Waals surface area contributed by atoms with E-state index in [1.54, 1.807) is 36.1 Å². The molecule has 0 fully saturated rings. The summed E-state index contributed by atoms with van der Waals surface area (Å²) >= 11 is 0. The quantitative estimate of drug-likeness (QED) is 0.867. The van der Waals surface area contributed by atoms with Crippen molar-refractivity contribution >= 4 is 5.69 Å². The van der Waals surface area contributed by atoms with Crippen molar-refractivity contribution in [3.05, 3.63) is 46.9 Å². The van der Waals surface area contributed by atoms with Crippen molar-refractivity contribution in [3.8, 4) is 0 Å². The first-order chi connectivity index (χ1) is 8.08. The number of nitrogens with one attached hydrogen (secondary N) is 1. The zero-order valence-electron chi connectivity index (χ0n) is 10.2. The Labute approximate surface area is 99.7 Å². The molecule has 0 bridgehead atoms. The maximum atomic E-state index is 11.3. The summed E-state index contributed by atoms with van der Waals surface area (Å²) < 4.78 is 3.52. The van der Waals surface area contributed by atoms with Crippen LogP contribution in [0.4, 0.5) is 5.69 Å². The van der Waals surface area contributed by atoms with Crippen molar-refractivity contribution in [1.82, 2.24) is 14.1 Å². The van der Waals surface area contributed by atoms with E-state index < -0.39 is 0 Å². The normalized spacial score (nSPS) is 12.4. The van der Waals surface area contributed by atoms with Gasteiger partial charge in [-0.15, -0.1) is 0 Å². The summed E-state index contributed by atoms with van der Waals surface area (Å²) in [5.41, 5.74) is 0.891. The Morgan fingerprint density at radius 1 is 1.29 bits per heavy atom. The van der Waals surface area contributed by atoms with Crippen LogP contribution < -0.4 is 10.9 Å². The van der Waals surface area contributed by atoms with Crippen LogP contribution in [0, 0.1) is 0 Å². The predicted octanol–water partition coefficient (Wildman–Crippen LogP) is 1.29. The molecular formula is C12H16N4O. The van der Waals surface area contributed by atoms with Crippen molar-refractivity contribution in [2.45, 2.75) is 13.0 Å². The highest BCUT2D eigenvalue weighted by Gasteiger charge is 2.09. The molecule has 0 saturated heterocycles. The second-order valence-electron chi connectivity index (χ2n) is 4.13. The Kier molecular flexibility index (Phi) is 2.99. The molecule has 1 N–H and O–H groups in total.